The number of fused-ring (bicyclic) bond motifs is 1. The first-order valence-electron chi connectivity index (χ1n) is 15.8. The van der Waals surface area contributed by atoms with Crippen molar-refractivity contribution in [1.29, 1.82) is 0 Å². The SMILES string of the molecule is C=CCCC(=O)NC[C@H](C)OC(=O)[C@H]1[C@@H]2O[C@@]3(CC2Br)[C@@H]1C(=O)N([C@@H](CO)CC(C)C)[C@@H]3C(=O)N(CC=C)c1ccc(OC)cc1. The van der Waals surface area contributed by atoms with Gasteiger partial charge in [-0.2, -0.15) is 0 Å². The van der Waals surface area contributed by atoms with E-state index in [9.17, 15) is 24.3 Å². The molecule has 2 bridgehead atoms. The minimum absolute atomic E-state index is 0.105. The van der Waals surface area contributed by atoms with Gasteiger partial charge in [-0.05, 0) is 56.4 Å². The van der Waals surface area contributed by atoms with E-state index in [4.69, 9.17) is 14.2 Å². The first kappa shape index (κ1) is 35.6. The Kier molecular flexibility index (Phi) is 11.7. The number of esters is 1. The van der Waals surface area contributed by atoms with Gasteiger partial charge in [0.05, 0.1) is 44.2 Å². The number of nitrogens with one attached hydrogen (secondary N) is 1. The Morgan fingerprint density at radius 3 is 2.50 bits per heavy atom. The summed E-state index contributed by atoms with van der Waals surface area (Å²) in [6.45, 7) is 13.0. The van der Waals surface area contributed by atoms with Crippen LogP contribution >= 0.6 is 15.9 Å². The van der Waals surface area contributed by atoms with Gasteiger partial charge in [-0.3, -0.25) is 19.2 Å². The lowest BCUT2D eigenvalue weighted by Gasteiger charge is -2.39. The second kappa shape index (κ2) is 15.1. The fraction of sp³-hybridized carbons (Fsp3) is 0.588. The lowest BCUT2D eigenvalue weighted by atomic mass is 9.70. The number of hydrogen-bond acceptors (Lipinski definition) is 8. The molecule has 1 aromatic rings. The van der Waals surface area contributed by atoms with Gasteiger partial charge >= 0.3 is 5.97 Å². The van der Waals surface area contributed by atoms with Crippen LogP contribution in [0.15, 0.2) is 49.6 Å². The molecule has 0 aromatic heterocycles. The van der Waals surface area contributed by atoms with Crippen molar-refractivity contribution in [3.63, 3.8) is 0 Å². The highest BCUT2D eigenvalue weighted by molar-refractivity contribution is 9.09. The molecule has 3 amide bonds. The number of benzene rings is 1. The van der Waals surface area contributed by atoms with Crippen LogP contribution < -0.4 is 15.0 Å². The molecule has 4 rings (SSSR count). The molecule has 0 radical (unpaired) electrons. The van der Waals surface area contributed by atoms with E-state index in [-0.39, 0.29) is 42.8 Å². The first-order chi connectivity index (χ1) is 21.9. The summed E-state index contributed by atoms with van der Waals surface area (Å²) < 4.78 is 17.7. The van der Waals surface area contributed by atoms with Crippen LogP contribution in [0.3, 0.4) is 0 Å². The third kappa shape index (κ3) is 6.89. The largest absolute Gasteiger partial charge is 0.497 e. The Balaban J connectivity index is 1.70. The van der Waals surface area contributed by atoms with Crippen LogP contribution in [0.1, 0.15) is 46.5 Å². The van der Waals surface area contributed by atoms with Crippen molar-refractivity contribution in [2.24, 2.45) is 17.8 Å². The molecule has 1 aromatic carbocycles. The summed E-state index contributed by atoms with van der Waals surface area (Å²) in [5.41, 5.74) is -0.764. The number of amides is 3. The van der Waals surface area contributed by atoms with Crippen LogP contribution in [-0.2, 0) is 28.7 Å². The number of aliphatic hydroxyl groups is 1. The monoisotopic (exact) mass is 703 g/mol. The maximum Gasteiger partial charge on any atom is 0.312 e. The smallest absolute Gasteiger partial charge is 0.312 e. The van der Waals surface area contributed by atoms with Crippen molar-refractivity contribution in [3.05, 3.63) is 49.6 Å². The number of aliphatic hydroxyl groups excluding tert-OH is 1. The van der Waals surface area contributed by atoms with E-state index < -0.39 is 59.5 Å². The average Bonchev–Trinajstić information content (AvgIpc) is 3.63. The zero-order valence-corrected chi connectivity index (χ0v) is 28.6. The summed E-state index contributed by atoms with van der Waals surface area (Å²) in [7, 11) is 1.56. The highest BCUT2D eigenvalue weighted by Crippen LogP contribution is 2.61. The van der Waals surface area contributed by atoms with Crippen molar-refractivity contribution in [2.45, 2.75) is 81.2 Å². The minimum atomic E-state index is -1.34. The summed E-state index contributed by atoms with van der Waals surface area (Å²) in [5, 5.41) is 13.3. The maximum atomic E-state index is 14.8. The van der Waals surface area contributed by atoms with Gasteiger partial charge in [0, 0.05) is 23.5 Å². The van der Waals surface area contributed by atoms with Crippen molar-refractivity contribution in [3.8, 4) is 5.75 Å². The predicted octanol–water partition coefficient (Wildman–Crippen LogP) is 3.38. The highest BCUT2D eigenvalue weighted by atomic mass is 79.9. The van der Waals surface area contributed by atoms with Crippen LogP contribution in [0.2, 0.25) is 0 Å². The topological polar surface area (TPSA) is 135 Å². The molecule has 252 valence electrons. The predicted molar refractivity (Wildman–Crippen MR) is 176 cm³/mol. The highest BCUT2D eigenvalue weighted by Gasteiger charge is 2.77. The van der Waals surface area contributed by atoms with Crippen LogP contribution in [0.25, 0.3) is 0 Å². The summed E-state index contributed by atoms with van der Waals surface area (Å²) >= 11 is 3.68. The summed E-state index contributed by atoms with van der Waals surface area (Å²) in [5.74, 6) is -2.88. The third-order valence-corrected chi connectivity index (χ3v) is 9.87. The third-order valence-electron chi connectivity index (χ3n) is 9.02. The zero-order valence-electron chi connectivity index (χ0n) is 27.0. The molecule has 0 aliphatic carbocycles. The second-order valence-corrected chi connectivity index (χ2v) is 13.9. The summed E-state index contributed by atoms with van der Waals surface area (Å²) in [6, 6.07) is 5.20. The van der Waals surface area contributed by atoms with Crippen LogP contribution in [0.4, 0.5) is 5.69 Å². The van der Waals surface area contributed by atoms with Crippen LogP contribution in [-0.4, -0.2) is 95.2 Å². The molecule has 12 heteroatoms. The molecule has 1 unspecified atom stereocenters. The molecule has 2 N–H and O–H groups in total. The fourth-order valence-electron chi connectivity index (χ4n) is 7.09. The van der Waals surface area contributed by atoms with E-state index in [1.807, 2.05) is 13.8 Å². The summed E-state index contributed by atoms with van der Waals surface area (Å²) in [4.78, 5) is 57.9. The molecule has 8 atom stereocenters. The van der Waals surface area contributed by atoms with Crippen LogP contribution in [0.5, 0.6) is 5.75 Å². The summed E-state index contributed by atoms with van der Waals surface area (Å²) in [6.07, 6.45) is 3.44. The lowest BCUT2D eigenvalue weighted by molar-refractivity contribution is -0.159. The zero-order chi connectivity index (χ0) is 33.8. The number of hydrogen-bond donors (Lipinski definition) is 2. The Hall–Kier alpha value is -3.22. The van der Waals surface area contributed by atoms with E-state index in [1.165, 1.54) is 4.90 Å². The molecule has 46 heavy (non-hydrogen) atoms. The number of ether oxygens (including phenoxy) is 3. The van der Waals surface area contributed by atoms with Gasteiger partial charge in [-0.1, -0.05) is 41.9 Å². The quantitative estimate of drug-likeness (QED) is 0.152. The number of methoxy groups -OCH3 is 1. The standard InChI is InChI=1S/C34H46BrN3O8/c1-7-9-10-26(40)36-18-21(5)45-33(43)27-28-31(41)38(23(19-39)16-20(3)4)30(34(28)17-25(35)29(27)46-34)32(42)37(15-8-2)22-11-13-24(44-6)14-12-22/h7-8,11-14,20-21,23,25,27-30,39H,1-2,9-10,15-19H2,3-6H3,(H,36,40)/t21-,23+,25?,27+,28-,29+,30+,34-/m0/s1. The number of likely N-dealkylation sites (tertiary alicyclic amines) is 1. The lowest BCUT2D eigenvalue weighted by Crippen LogP contribution is -2.59. The Morgan fingerprint density at radius 2 is 1.91 bits per heavy atom. The van der Waals surface area contributed by atoms with Gasteiger partial charge in [0.25, 0.3) is 5.91 Å². The van der Waals surface area contributed by atoms with Gasteiger partial charge in [0.1, 0.15) is 23.5 Å². The number of rotatable bonds is 16. The number of carbonyl (C=O) groups is 4. The Bertz CT molecular complexity index is 1310. The molecule has 3 heterocycles. The number of allylic oxidation sites excluding steroid dienone is 1. The normalized spacial score (nSPS) is 27.6. The molecule has 1 spiro atoms. The molecule has 0 saturated carbocycles. The van der Waals surface area contributed by atoms with Gasteiger partial charge < -0.3 is 34.4 Å². The van der Waals surface area contributed by atoms with E-state index in [1.54, 1.807) is 55.4 Å². The van der Waals surface area contributed by atoms with E-state index in [0.717, 1.165) is 0 Å². The van der Waals surface area contributed by atoms with Gasteiger partial charge in [-0.25, -0.2) is 0 Å². The van der Waals surface area contributed by atoms with E-state index >= 15 is 0 Å². The van der Waals surface area contributed by atoms with Crippen molar-refractivity contribution < 1.29 is 38.5 Å². The number of halogens is 1. The first-order valence-corrected chi connectivity index (χ1v) is 16.7. The van der Waals surface area contributed by atoms with Crippen LogP contribution in [0, 0.1) is 17.8 Å². The number of alkyl halides is 1. The number of anilines is 1. The van der Waals surface area contributed by atoms with Crippen molar-refractivity contribution in [1.82, 2.24) is 10.2 Å². The van der Waals surface area contributed by atoms with E-state index in [2.05, 4.69) is 34.4 Å². The fourth-order valence-corrected chi connectivity index (χ4v) is 8.03. The number of nitrogens with zero attached hydrogens (tertiary/aromatic N) is 2. The Labute approximate surface area is 279 Å². The second-order valence-electron chi connectivity index (χ2n) is 12.7. The maximum absolute atomic E-state index is 14.8. The van der Waals surface area contributed by atoms with E-state index in [0.29, 0.717) is 30.7 Å². The van der Waals surface area contributed by atoms with Gasteiger partial charge in [-0.15, -0.1) is 13.2 Å². The molecule has 3 saturated heterocycles. The number of carbonyl (C=O) groups excluding carboxylic acids is 4. The molecule has 11 nitrogen and oxygen atoms in total. The van der Waals surface area contributed by atoms with Gasteiger partial charge in [0.15, 0.2) is 0 Å². The van der Waals surface area contributed by atoms with Gasteiger partial charge in [0.2, 0.25) is 11.8 Å². The Morgan fingerprint density at radius 1 is 1.22 bits per heavy atom. The van der Waals surface area contributed by atoms with Crippen molar-refractivity contribution >= 4 is 45.3 Å². The average molecular weight is 705 g/mol. The molecular formula is C34H46BrN3O8. The minimum Gasteiger partial charge on any atom is -0.497 e. The van der Waals surface area contributed by atoms with Crippen molar-refractivity contribution in [2.75, 3.05) is 31.7 Å². The molecule has 3 aliphatic heterocycles. The molecule has 3 fully saturated rings. The molecule has 3 aliphatic rings. The molecular weight excluding hydrogens is 658 g/mol.